The van der Waals surface area contributed by atoms with Gasteiger partial charge in [0.1, 0.15) is 5.75 Å². The molecule has 0 bridgehead atoms. The molecule has 0 amide bonds. The first-order valence-corrected chi connectivity index (χ1v) is 9.43. The first-order valence-electron chi connectivity index (χ1n) is 6.52. The van der Waals surface area contributed by atoms with E-state index < -0.39 is 8.32 Å². The molecular weight excluding hydrogens is 236 g/mol. The maximum atomic E-state index is 6.29. The van der Waals surface area contributed by atoms with Crippen LogP contribution in [0.2, 0.25) is 18.1 Å². The van der Waals surface area contributed by atoms with Gasteiger partial charge in [-0.3, -0.25) is 0 Å². The lowest BCUT2D eigenvalue weighted by atomic mass is 9.78. The highest BCUT2D eigenvalue weighted by Gasteiger charge is 2.39. The van der Waals surface area contributed by atoms with Gasteiger partial charge in [-0.2, -0.15) is 0 Å². The molecule has 0 N–H and O–H groups in total. The minimum atomic E-state index is -1.73. The molecule has 0 heterocycles. The smallest absolute Gasteiger partial charge is 0.250 e. The minimum Gasteiger partial charge on any atom is -0.543 e. The summed E-state index contributed by atoms with van der Waals surface area (Å²) in [7, 11) is -1.73. The van der Waals surface area contributed by atoms with Gasteiger partial charge in [0.05, 0.1) is 0 Å². The van der Waals surface area contributed by atoms with Crippen molar-refractivity contribution >= 4 is 8.32 Å². The van der Waals surface area contributed by atoms with Crippen LogP contribution in [0.15, 0.2) is 18.2 Å². The van der Waals surface area contributed by atoms with Crippen LogP contribution in [-0.2, 0) is 6.42 Å². The Kier molecular flexibility index (Phi) is 3.07. The lowest BCUT2D eigenvalue weighted by Gasteiger charge is -2.37. The molecule has 1 aromatic carbocycles. The van der Waals surface area contributed by atoms with E-state index in [-0.39, 0.29) is 5.04 Å². The van der Waals surface area contributed by atoms with Gasteiger partial charge in [0, 0.05) is 5.92 Å². The second-order valence-corrected chi connectivity index (χ2v) is 11.4. The predicted molar refractivity (Wildman–Crippen MR) is 79.5 cm³/mol. The van der Waals surface area contributed by atoms with Crippen molar-refractivity contribution in [3.8, 4) is 18.1 Å². The molecule has 0 fully saturated rings. The molecular formula is C16H22OSi. The second-order valence-electron chi connectivity index (χ2n) is 6.65. The van der Waals surface area contributed by atoms with E-state index in [4.69, 9.17) is 10.8 Å². The van der Waals surface area contributed by atoms with E-state index in [1.807, 2.05) is 0 Å². The molecule has 0 spiro atoms. The maximum Gasteiger partial charge on any atom is 0.250 e. The van der Waals surface area contributed by atoms with Gasteiger partial charge in [-0.1, -0.05) is 32.8 Å². The van der Waals surface area contributed by atoms with E-state index in [1.54, 1.807) is 0 Å². The summed E-state index contributed by atoms with van der Waals surface area (Å²) in [6.45, 7) is 11.3. The van der Waals surface area contributed by atoms with Gasteiger partial charge in [-0.25, -0.2) is 0 Å². The Morgan fingerprint density at radius 2 is 2.00 bits per heavy atom. The van der Waals surface area contributed by atoms with Crippen LogP contribution < -0.4 is 4.43 Å². The lowest BCUT2D eigenvalue weighted by Crippen LogP contribution is -2.43. The summed E-state index contributed by atoms with van der Waals surface area (Å²) in [5.41, 5.74) is 2.66. The van der Waals surface area contributed by atoms with E-state index in [1.165, 1.54) is 11.1 Å². The number of benzene rings is 1. The van der Waals surface area contributed by atoms with E-state index in [0.29, 0.717) is 5.92 Å². The average Bonchev–Trinajstić information content (AvgIpc) is 2.19. The van der Waals surface area contributed by atoms with Gasteiger partial charge < -0.3 is 4.43 Å². The zero-order chi connectivity index (χ0) is 13.6. The van der Waals surface area contributed by atoms with Crippen molar-refractivity contribution in [2.45, 2.75) is 51.2 Å². The Morgan fingerprint density at radius 1 is 1.33 bits per heavy atom. The van der Waals surface area contributed by atoms with Crippen molar-refractivity contribution in [2.24, 2.45) is 0 Å². The lowest BCUT2D eigenvalue weighted by molar-refractivity contribution is 0.490. The van der Waals surface area contributed by atoms with E-state index in [9.17, 15) is 0 Å². The number of hydrogen-bond donors (Lipinski definition) is 0. The van der Waals surface area contributed by atoms with Crippen LogP contribution in [0.3, 0.4) is 0 Å². The third-order valence-corrected chi connectivity index (χ3v) is 8.65. The molecule has 1 aliphatic carbocycles. The summed E-state index contributed by atoms with van der Waals surface area (Å²) in [6, 6.07) is 6.37. The number of fused-ring (bicyclic) bond motifs is 1. The SMILES string of the molecule is C#CC1Cc2cc(O[Si](C)(C)C(C)(C)C)ccc21. The second kappa shape index (κ2) is 4.17. The molecule has 1 aromatic rings. The molecule has 1 nitrogen and oxygen atoms in total. The molecule has 1 unspecified atom stereocenters. The molecule has 18 heavy (non-hydrogen) atoms. The molecule has 2 heteroatoms. The van der Waals surface area contributed by atoms with Gasteiger partial charge in [-0.15, -0.1) is 6.42 Å². The molecule has 96 valence electrons. The summed E-state index contributed by atoms with van der Waals surface area (Å²) in [5.74, 6) is 4.15. The van der Waals surface area contributed by atoms with E-state index in [2.05, 4.69) is 58.0 Å². The van der Waals surface area contributed by atoms with Gasteiger partial charge in [-0.05, 0) is 47.8 Å². The van der Waals surface area contributed by atoms with Crippen LogP contribution in [0.4, 0.5) is 0 Å². The van der Waals surface area contributed by atoms with Crippen LogP contribution in [0.25, 0.3) is 0 Å². The van der Waals surface area contributed by atoms with Crippen molar-refractivity contribution in [3.63, 3.8) is 0 Å². The maximum absolute atomic E-state index is 6.29. The molecule has 0 aromatic heterocycles. The first-order chi connectivity index (χ1) is 8.24. The van der Waals surface area contributed by atoms with Crippen molar-refractivity contribution in [2.75, 3.05) is 0 Å². The van der Waals surface area contributed by atoms with Crippen LogP contribution in [0, 0.1) is 12.3 Å². The Balaban J connectivity index is 2.18. The third kappa shape index (κ3) is 2.20. The highest BCUT2D eigenvalue weighted by molar-refractivity contribution is 6.74. The quantitative estimate of drug-likeness (QED) is 0.566. The Bertz CT molecular complexity index is 503. The normalized spacial score (nSPS) is 18.6. The van der Waals surface area contributed by atoms with Gasteiger partial charge in [0.25, 0.3) is 0 Å². The van der Waals surface area contributed by atoms with Gasteiger partial charge >= 0.3 is 0 Å². The van der Waals surface area contributed by atoms with Crippen LogP contribution in [-0.4, -0.2) is 8.32 Å². The topological polar surface area (TPSA) is 9.23 Å². The fourth-order valence-electron chi connectivity index (χ4n) is 1.96. The molecule has 2 rings (SSSR count). The Hall–Kier alpha value is -1.20. The molecule has 0 saturated carbocycles. The van der Waals surface area contributed by atoms with Crippen molar-refractivity contribution in [1.82, 2.24) is 0 Å². The van der Waals surface area contributed by atoms with Gasteiger partial charge in [0.2, 0.25) is 8.32 Å². The Morgan fingerprint density at radius 3 is 2.50 bits per heavy atom. The highest BCUT2D eigenvalue weighted by Crippen LogP contribution is 2.40. The largest absolute Gasteiger partial charge is 0.543 e. The van der Waals surface area contributed by atoms with E-state index >= 15 is 0 Å². The molecule has 0 radical (unpaired) electrons. The predicted octanol–water partition coefficient (Wildman–Crippen LogP) is 4.34. The van der Waals surface area contributed by atoms with Crippen molar-refractivity contribution in [3.05, 3.63) is 29.3 Å². The highest BCUT2D eigenvalue weighted by atomic mass is 28.4. The molecule has 1 aliphatic rings. The standard InChI is InChI=1S/C16H22OSi/c1-7-12-10-13-11-14(8-9-15(12)13)17-18(5,6)16(2,3)4/h1,8-9,11-12H,10H2,2-6H3. The summed E-state index contributed by atoms with van der Waals surface area (Å²) >= 11 is 0. The summed E-state index contributed by atoms with van der Waals surface area (Å²) in [4.78, 5) is 0. The van der Waals surface area contributed by atoms with Crippen LogP contribution in [0.1, 0.15) is 37.8 Å². The molecule has 0 saturated heterocycles. The zero-order valence-corrected chi connectivity index (χ0v) is 13.0. The Labute approximate surface area is 112 Å². The average molecular weight is 258 g/mol. The van der Waals surface area contributed by atoms with Gasteiger partial charge in [0.15, 0.2) is 0 Å². The van der Waals surface area contributed by atoms with Crippen molar-refractivity contribution < 1.29 is 4.43 Å². The van der Waals surface area contributed by atoms with Crippen LogP contribution >= 0.6 is 0 Å². The monoisotopic (exact) mass is 258 g/mol. The first kappa shape index (κ1) is 13.2. The fourth-order valence-corrected chi connectivity index (χ4v) is 2.98. The molecule has 0 aliphatic heterocycles. The number of hydrogen-bond acceptors (Lipinski definition) is 1. The number of rotatable bonds is 2. The van der Waals surface area contributed by atoms with Crippen molar-refractivity contribution in [1.29, 1.82) is 0 Å². The zero-order valence-electron chi connectivity index (χ0n) is 12.0. The summed E-state index contributed by atoms with van der Waals surface area (Å²) < 4.78 is 6.29. The summed E-state index contributed by atoms with van der Waals surface area (Å²) in [6.07, 6.45) is 6.47. The number of terminal acetylenes is 1. The minimum absolute atomic E-state index is 0.233. The van der Waals surface area contributed by atoms with Crippen LogP contribution in [0.5, 0.6) is 5.75 Å². The molecule has 1 atom stereocenters. The van der Waals surface area contributed by atoms with E-state index in [0.717, 1.165) is 12.2 Å². The summed E-state index contributed by atoms with van der Waals surface area (Å²) in [5, 5.41) is 0.233. The third-order valence-electron chi connectivity index (χ3n) is 4.29. The fraction of sp³-hybridized carbons (Fsp3) is 0.500.